The number of rotatable bonds is 3. The average Bonchev–Trinajstić information content (AvgIpc) is 2.76. The molecule has 1 atom stereocenters. The Labute approximate surface area is 115 Å². The Morgan fingerprint density at radius 3 is 2.79 bits per heavy atom. The molecule has 1 unspecified atom stereocenters. The van der Waals surface area contributed by atoms with Crippen LogP contribution in [0.1, 0.15) is 24.8 Å². The molecule has 0 saturated carbocycles. The zero-order chi connectivity index (χ0) is 13.3. The van der Waals surface area contributed by atoms with E-state index in [0.29, 0.717) is 18.8 Å². The molecule has 2 aliphatic rings. The fourth-order valence-corrected chi connectivity index (χ4v) is 3.31. The van der Waals surface area contributed by atoms with Crippen LogP contribution >= 0.6 is 0 Å². The maximum absolute atomic E-state index is 13.0. The second-order valence-electron chi connectivity index (χ2n) is 5.88. The fraction of sp³-hybridized carbons (Fsp3) is 0.600. The summed E-state index contributed by atoms with van der Waals surface area (Å²) in [7, 11) is 0. The number of hydroxylamine groups is 2. The van der Waals surface area contributed by atoms with E-state index in [1.54, 1.807) is 0 Å². The van der Waals surface area contributed by atoms with Gasteiger partial charge >= 0.3 is 0 Å². The highest BCUT2D eigenvalue weighted by atomic mass is 16.5. The molecular weight excluding hydrogens is 238 g/mol. The highest BCUT2D eigenvalue weighted by molar-refractivity contribution is 5.62. The van der Waals surface area contributed by atoms with E-state index in [0.717, 1.165) is 31.7 Å². The summed E-state index contributed by atoms with van der Waals surface area (Å²) in [5.74, 6) is 0. The van der Waals surface area contributed by atoms with E-state index in [1.165, 1.54) is 24.8 Å². The van der Waals surface area contributed by atoms with Crippen molar-refractivity contribution in [3.8, 4) is 0 Å². The summed E-state index contributed by atoms with van der Waals surface area (Å²) in [6.07, 6.45) is 4.79. The maximum Gasteiger partial charge on any atom is 0.138 e. The lowest BCUT2D eigenvalue weighted by Crippen LogP contribution is -2.47. The summed E-state index contributed by atoms with van der Waals surface area (Å²) in [5, 5.41) is 13.0. The number of quaternary nitrogens is 1. The molecule has 1 fully saturated rings. The van der Waals surface area contributed by atoms with Crippen LogP contribution in [0, 0.1) is 5.21 Å². The summed E-state index contributed by atoms with van der Waals surface area (Å²) < 4.78 is -0.184. The molecule has 104 valence electrons. The van der Waals surface area contributed by atoms with Crippen molar-refractivity contribution < 1.29 is 0 Å². The van der Waals surface area contributed by atoms with Crippen LogP contribution in [0.15, 0.2) is 18.2 Å². The monoisotopic (exact) mass is 261 g/mol. The number of likely N-dealkylation sites (tertiary alicyclic amines) is 1. The highest BCUT2D eigenvalue weighted by Gasteiger charge is 2.31. The molecule has 1 aromatic carbocycles. The first-order valence-corrected chi connectivity index (χ1v) is 7.37. The maximum atomic E-state index is 13.0. The molecule has 0 aliphatic carbocycles. The van der Waals surface area contributed by atoms with E-state index in [4.69, 9.17) is 5.73 Å². The molecule has 0 bridgehead atoms. The van der Waals surface area contributed by atoms with Gasteiger partial charge in [-0.1, -0.05) is 12.5 Å². The van der Waals surface area contributed by atoms with Crippen LogP contribution in [0.2, 0.25) is 0 Å². The molecule has 2 heterocycles. The van der Waals surface area contributed by atoms with Gasteiger partial charge in [0.05, 0.1) is 13.1 Å². The zero-order valence-corrected chi connectivity index (χ0v) is 11.5. The highest BCUT2D eigenvalue weighted by Crippen LogP contribution is 2.35. The van der Waals surface area contributed by atoms with E-state index in [2.05, 4.69) is 4.90 Å². The third-order valence-corrected chi connectivity index (χ3v) is 4.52. The first kappa shape index (κ1) is 12.9. The standard InChI is InChI=1S/C15H23N3O/c16-14-5-4-13-6-10-18(19,15(13)12-14)11-9-17-7-2-1-3-8-17/h4-5,12H,1-3,6-11,16H2. The van der Waals surface area contributed by atoms with Crippen molar-refractivity contribution in [3.05, 3.63) is 29.0 Å². The number of hydrogen-bond acceptors (Lipinski definition) is 3. The average molecular weight is 261 g/mol. The molecule has 2 aliphatic heterocycles. The summed E-state index contributed by atoms with van der Waals surface area (Å²) >= 11 is 0. The SMILES string of the molecule is Nc1ccc2c(c1)[N+]([O-])(CCN1CCCCC1)CC2. The Morgan fingerprint density at radius 1 is 1.21 bits per heavy atom. The van der Waals surface area contributed by atoms with Gasteiger partial charge in [-0.2, -0.15) is 0 Å². The van der Waals surface area contributed by atoms with Gasteiger partial charge in [-0.25, -0.2) is 0 Å². The lowest BCUT2D eigenvalue weighted by atomic mass is 10.1. The van der Waals surface area contributed by atoms with Crippen LogP contribution in [0.4, 0.5) is 11.4 Å². The number of piperidine rings is 1. The Morgan fingerprint density at radius 2 is 2.00 bits per heavy atom. The Hall–Kier alpha value is -1.10. The van der Waals surface area contributed by atoms with Crippen LogP contribution in [-0.4, -0.2) is 37.6 Å². The number of benzene rings is 1. The van der Waals surface area contributed by atoms with Crippen LogP contribution in [0.3, 0.4) is 0 Å². The number of nitrogens with zero attached hydrogens (tertiary/aromatic N) is 2. The van der Waals surface area contributed by atoms with Gasteiger partial charge in [0.1, 0.15) is 5.69 Å². The van der Waals surface area contributed by atoms with E-state index < -0.39 is 0 Å². The normalized spacial score (nSPS) is 27.4. The van der Waals surface area contributed by atoms with Gasteiger partial charge in [-0.3, -0.25) is 4.90 Å². The first-order valence-electron chi connectivity index (χ1n) is 7.37. The molecule has 4 heteroatoms. The van der Waals surface area contributed by atoms with Crippen LogP contribution in [0.5, 0.6) is 0 Å². The van der Waals surface area contributed by atoms with Crippen molar-refractivity contribution in [3.63, 3.8) is 0 Å². The Kier molecular flexibility index (Phi) is 3.48. The third kappa shape index (κ3) is 2.61. The minimum absolute atomic E-state index is 0.184. The van der Waals surface area contributed by atoms with Crippen molar-refractivity contribution in [2.45, 2.75) is 25.7 Å². The van der Waals surface area contributed by atoms with Crippen LogP contribution in [0.25, 0.3) is 0 Å². The Balaban J connectivity index is 1.69. The molecule has 1 saturated heterocycles. The molecule has 19 heavy (non-hydrogen) atoms. The van der Waals surface area contributed by atoms with Gasteiger partial charge in [0.25, 0.3) is 0 Å². The summed E-state index contributed by atoms with van der Waals surface area (Å²) in [6.45, 7) is 4.56. The molecule has 1 aromatic rings. The van der Waals surface area contributed by atoms with Gasteiger partial charge in [-0.15, -0.1) is 0 Å². The van der Waals surface area contributed by atoms with Crippen molar-refractivity contribution in [1.29, 1.82) is 0 Å². The number of nitrogen functional groups attached to an aromatic ring is 1. The minimum Gasteiger partial charge on any atom is -0.627 e. The molecule has 3 rings (SSSR count). The molecule has 2 N–H and O–H groups in total. The number of nitrogens with two attached hydrogens (primary N) is 1. The predicted octanol–water partition coefficient (Wildman–Crippen LogP) is 2.12. The van der Waals surface area contributed by atoms with E-state index in [9.17, 15) is 5.21 Å². The summed E-state index contributed by atoms with van der Waals surface area (Å²) in [6, 6.07) is 5.80. The van der Waals surface area contributed by atoms with Gasteiger partial charge in [-0.05, 0) is 32.0 Å². The molecule has 0 amide bonds. The molecule has 0 aromatic heterocycles. The lowest BCUT2D eigenvalue weighted by Gasteiger charge is -2.40. The van der Waals surface area contributed by atoms with E-state index in [1.807, 2.05) is 18.2 Å². The largest absolute Gasteiger partial charge is 0.627 e. The zero-order valence-electron chi connectivity index (χ0n) is 11.5. The first-order chi connectivity index (χ1) is 9.17. The van der Waals surface area contributed by atoms with Gasteiger partial charge < -0.3 is 15.6 Å². The van der Waals surface area contributed by atoms with Crippen LogP contribution in [-0.2, 0) is 6.42 Å². The molecule has 0 radical (unpaired) electrons. The van der Waals surface area contributed by atoms with Crippen LogP contribution < -0.4 is 10.4 Å². The number of fused-ring (bicyclic) bond motifs is 1. The van der Waals surface area contributed by atoms with Crippen molar-refractivity contribution in [1.82, 2.24) is 9.55 Å². The second kappa shape index (κ2) is 5.12. The summed E-state index contributed by atoms with van der Waals surface area (Å²) in [4.78, 5) is 2.44. The smallest absolute Gasteiger partial charge is 0.138 e. The fourth-order valence-electron chi connectivity index (χ4n) is 3.31. The minimum atomic E-state index is -0.184. The topological polar surface area (TPSA) is 52.3 Å². The Bertz CT molecular complexity index is 457. The lowest BCUT2D eigenvalue weighted by molar-refractivity contribution is 0.208. The molecular formula is C15H23N3O. The quantitative estimate of drug-likeness (QED) is 0.515. The van der Waals surface area contributed by atoms with E-state index in [-0.39, 0.29) is 4.65 Å². The third-order valence-electron chi connectivity index (χ3n) is 4.52. The second-order valence-corrected chi connectivity index (χ2v) is 5.88. The number of anilines is 1. The van der Waals surface area contributed by atoms with Crippen molar-refractivity contribution >= 4 is 11.4 Å². The van der Waals surface area contributed by atoms with Gasteiger partial charge in [0, 0.05) is 30.3 Å². The van der Waals surface area contributed by atoms with Crippen molar-refractivity contribution in [2.75, 3.05) is 38.5 Å². The molecule has 0 spiro atoms. The molecule has 4 nitrogen and oxygen atoms in total. The van der Waals surface area contributed by atoms with E-state index >= 15 is 0 Å². The van der Waals surface area contributed by atoms with Gasteiger partial charge in [0.2, 0.25) is 0 Å². The van der Waals surface area contributed by atoms with Crippen molar-refractivity contribution in [2.24, 2.45) is 0 Å². The summed E-state index contributed by atoms with van der Waals surface area (Å²) in [5.41, 5.74) is 8.62. The van der Waals surface area contributed by atoms with Gasteiger partial charge in [0.15, 0.2) is 0 Å². The predicted molar refractivity (Wildman–Crippen MR) is 79.7 cm³/mol. The number of hydrogen-bond donors (Lipinski definition) is 1.